The molecular weight excluding hydrogens is 332 g/mol. The third-order valence-corrected chi connectivity index (χ3v) is 5.11. The fourth-order valence-corrected chi connectivity index (χ4v) is 3.70. The molecule has 2 aromatic heterocycles. The minimum atomic E-state index is -0.842. The van der Waals surface area contributed by atoms with Crippen molar-refractivity contribution in [2.45, 2.75) is 6.10 Å². The van der Waals surface area contributed by atoms with E-state index in [-0.39, 0.29) is 6.54 Å². The Morgan fingerprint density at radius 3 is 2.74 bits per heavy atom. The molecule has 0 saturated carbocycles. The first kappa shape index (κ1) is 15.7. The molecule has 0 aliphatic heterocycles. The van der Waals surface area contributed by atoms with E-state index in [1.165, 1.54) is 22.7 Å². The van der Waals surface area contributed by atoms with Crippen LogP contribution in [0.15, 0.2) is 47.2 Å². The lowest BCUT2D eigenvalue weighted by atomic mass is 10.2. The SMILES string of the molecule is O=C(NCC(O)c1cc2ccccc2s1)C(=O)Nc1ccsc1. The summed E-state index contributed by atoms with van der Waals surface area (Å²) in [6.45, 7) is -0.0112. The highest BCUT2D eigenvalue weighted by Gasteiger charge is 2.17. The van der Waals surface area contributed by atoms with Crippen molar-refractivity contribution in [2.75, 3.05) is 11.9 Å². The molecule has 2 heterocycles. The van der Waals surface area contributed by atoms with Gasteiger partial charge in [-0.2, -0.15) is 11.3 Å². The van der Waals surface area contributed by atoms with Gasteiger partial charge in [0.15, 0.2) is 0 Å². The molecule has 0 aliphatic rings. The maximum Gasteiger partial charge on any atom is 0.313 e. The third kappa shape index (κ3) is 3.76. The molecule has 2 amide bonds. The number of aliphatic hydroxyl groups is 1. The lowest BCUT2D eigenvalue weighted by molar-refractivity contribution is -0.136. The van der Waals surface area contributed by atoms with Crippen LogP contribution in [-0.4, -0.2) is 23.5 Å². The molecule has 5 nitrogen and oxygen atoms in total. The van der Waals surface area contributed by atoms with Crippen molar-refractivity contribution in [3.8, 4) is 0 Å². The number of hydrogen-bond acceptors (Lipinski definition) is 5. The van der Waals surface area contributed by atoms with Gasteiger partial charge in [0.1, 0.15) is 6.10 Å². The molecule has 0 aliphatic carbocycles. The van der Waals surface area contributed by atoms with E-state index >= 15 is 0 Å². The minimum Gasteiger partial charge on any atom is -0.386 e. The van der Waals surface area contributed by atoms with Gasteiger partial charge < -0.3 is 15.7 Å². The number of benzene rings is 1. The summed E-state index contributed by atoms with van der Waals surface area (Å²) in [5.41, 5.74) is 0.584. The first-order chi connectivity index (χ1) is 11.1. The maximum absolute atomic E-state index is 11.7. The van der Waals surface area contributed by atoms with Crippen molar-refractivity contribution in [3.63, 3.8) is 0 Å². The summed E-state index contributed by atoms with van der Waals surface area (Å²) >= 11 is 2.89. The number of aliphatic hydroxyl groups excluding tert-OH is 1. The molecule has 118 valence electrons. The summed E-state index contributed by atoms with van der Waals surface area (Å²) < 4.78 is 1.07. The van der Waals surface area contributed by atoms with Gasteiger partial charge in [0.05, 0.1) is 5.69 Å². The molecule has 3 aromatic rings. The number of carbonyl (C=O) groups is 2. The summed E-state index contributed by atoms with van der Waals surface area (Å²) in [6.07, 6.45) is -0.842. The Kier molecular flexibility index (Phi) is 4.71. The van der Waals surface area contributed by atoms with E-state index in [9.17, 15) is 14.7 Å². The number of amides is 2. The van der Waals surface area contributed by atoms with Gasteiger partial charge in [0.25, 0.3) is 0 Å². The van der Waals surface area contributed by atoms with E-state index in [1.807, 2.05) is 30.3 Å². The van der Waals surface area contributed by atoms with E-state index < -0.39 is 17.9 Å². The zero-order chi connectivity index (χ0) is 16.2. The average molecular weight is 346 g/mol. The minimum absolute atomic E-state index is 0.0112. The van der Waals surface area contributed by atoms with Crippen LogP contribution in [0, 0.1) is 0 Å². The second-order valence-corrected chi connectivity index (χ2v) is 6.77. The molecule has 3 N–H and O–H groups in total. The molecule has 0 radical (unpaired) electrons. The van der Waals surface area contributed by atoms with E-state index in [2.05, 4.69) is 10.6 Å². The second kappa shape index (κ2) is 6.91. The monoisotopic (exact) mass is 346 g/mol. The second-order valence-electron chi connectivity index (χ2n) is 4.88. The smallest absolute Gasteiger partial charge is 0.313 e. The number of thiophene rings is 2. The van der Waals surface area contributed by atoms with Crippen molar-refractivity contribution in [3.05, 3.63) is 52.0 Å². The van der Waals surface area contributed by atoms with Crippen LogP contribution in [0.25, 0.3) is 10.1 Å². The Hall–Kier alpha value is -2.22. The summed E-state index contributed by atoms with van der Waals surface area (Å²) in [7, 11) is 0. The van der Waals surface area contributed by atoms with Crippen LogP contribution in [0.3, 0.4) is 0 Å². The number of fused-ring (bicyclic) bond motifs is 1. The van der Waals surface area contributed by atoms with Crippen LogP contribution in [0.4, 0.5) is 5.69 Å². The molecule has 0 bridgehead atoms. The lowest BCUT2D eigenvalue weighted by Crippen LogP contribution is -2.37. The Labute approximate surface area is 140 Å². The Morgan fingerprint density at radius 1 is 1.17 bits per heavy atom. The number of nitrogens with one attached hydrogen (secondary N) is 2. The summed E-state index contributed by atoms with van der Waals surface area (Å²) in [5, 5.41) is 19.7. The van der Waals surface area contributed by atoms with E-state index in [0.29, 0.717) is 5.69 Å². The topological polar surface area (TPSA) is 78.4 Å². The molecule has 23 heavy (non-hydrogen) atoms. The summed E-state index contributed by atoms with van der Waals surface area (Å²) in [6, 6.07) is 11.4. The lowest BCUT2D eigenvalue weighted by Gasteiger charge is -2.09. The van der Waals surface area contributed by atoms with Crippen LogP contribution >= 0.6 is 22.7 Å². The largest absolute Gasteiger partial charge is 0.386 e. The van der Waals surface area contributed by atoms with E-state index in [1.54, 1.807) is 16.8 Å². The van der Waals surface area contributed by atoms with Crippen LogP contribution in [0.1, 0.15) is 11.0 Å². The molecule has 1 unspecified atom stereocenters. The highest BCUT2D eigenvalue weighted by atomic mass is 32.1. The Balaban J connectivity index is 1.56. The van der Waals surface area contributed by atoms with Crippen LogP contribution in [0.5, 0.6) is 0 Å². The van der Waals surface area contributed by atoms with Gasteiger partial charge >= 0.3 is 11.8 Å². The van der Waals surface area contributed by atoms with Crippen molar-refractivity contribution in [1.29, 1.82) is 0 Å². The molecule has 1 atom stereocenters. The quantitative estimate of drug-likeness (QED) is 0.636. The van der Waals surface area contributed by atoms with Crippen LogP contribution < -0.4 is 10.6 Å². The standard InChI is InChI=1S/C16H14N2O3S2/c19-12(14-7-10-3-1-2-4-13(10)23-14)8-17-15(20)16(21)18-11-5-6-22-9-11/h1-7,9,12,19H,8H2,(H,17,20)(H,18,21). The molecule has 7 heteroatoms. The predicted octanol–water partition coefficient (Wildman–Crippen LogP) is 2.75. The van der Waals surface area contributed by atoms with Gasteiger partial charge in [0, 0.05) is 21.5 Å². The summed E-state index contributed by atoms with van der Waals surface area (Å²) in [4.78, 5) is 24.2. The predicted molar refractivity (Wildman–Crippen MR) is 92.7 cm³/mol. The first-order valence-electron chi connectivity index (χ1n) is 6.91. The van der Waals surface area contributed by atoms with Crippen LogP contribution in [0.2, 0.25) is 0 Å². The number of carbonyl (C=O) groups excluding carboxylic acids is 2. The maximum atomic E-state index is 11.7. The molecule has 0 saturated heterocycles. The van der Waals surface area contributed by atoms with Gasteiger partial charge in [-0.05, 0) is 29.0 Å². The van der Waals surface area contributed by atoms with Gasteiger partial charge in [-0.25, -0.2) is 0 Å². The zero-order valence-corrected chi connectivity index (χ0v) is 13.6. The van der Waals surface area contributed by atoms with E-state index in [4.69, 9.17) is 0 Å². The third-order valence-electron chi connectivity index (χ3n) is 3.21. The van der Waals surface area contributed by atoms with Gasteiger partial charge in [-0.1, -0.05) is 18.2 Å². The van der Waals surface area contributed by atoms with Crippen molar-refractivity contribution in [2.24, 2.45) is 0 Å². The number of rotatable bonds is 4. The first-order valence-corrected chi connectivity index (χ1v) is 8.67. The molecule has 0 fully saturated rings. The Morgan fingerprint density at radius 2 is 2.00 bits per heavy atom. The zero-order valence-electron chi connectivity index (χ0n) is 12.0. The fourth-order valence-electron chi connectivity index (χ4n) is 2.06. The molecule has 1 aromatic carbocycles. The number of hydrogen-bond donors (Lipinski definition) is 3. The van der Waals surface area contributed by atoms with Crippen molar-refractivity contribution < 1.29 is 14.7 Å². The van der Waals surface area contributed by atoms with Crippen LogP contribution in [-0.2, 0) is 9.59 Å². The van der Waals surface area contributed by atoms with Gasteiger partial charge in [-0.15, -0.1) is 11.3 Å². The average Bonchev–Trinajstić information content (AvgIpc) is 3.20. The fraction of sp³-hybridized carbons (Fsp3) is 0.125. The Bertz CT molecular complexity index is 794. The molecule has 0 spiro atoms. The van der Waals surface area contributed by atoms with Gasteiger partial charge in [0.2, 0.25) is 0 Å². The molecule has 3 rings (SSSR count). The summed E-state index contributed by atoms with van der Waals surface area (Å²) in [5.74, 6) is -1.51. The molecular formula is C16H14N2O3S2. The number of anilines is 1. The van der Waals surface area contributed by atoms with Gasteiger partial charge in [-0.3, -0.25) is 9.59 Å². The van der Waals surface area contributed by atoms with Crippen molar-refractivity contribution >= 4 is 50.3 Å². The normalized spacial score (nSPS) is 12.0. The van der Waals surface area contributed by atoms with Crippen molar-refractivity contribution in [1.82, 2.24) is 5.32 Å². The van der Waals surface area contributed by atoms with E-state index in [0.717, 1.165) is 15.0 Å². The highest BCUT2D eigenvalue weighted by Crippen LogP contribution is 2.29. The highest BCUT2D eigenvalue weighted by molar-refractivity contribution is 7.19.